The molecule has 1 nitrogen and oxygen atoms in total. The molecule has 1 N–H and O–H groups in total. The molecular weight excluding hydrogens is 232 g/mol. The van der Waals surface area contributed by atoms with Gasteiger partial charge in [-0.3, -0.25) is 0 Å². The van der Waals surface area contributed by atoms with E-state index in [1.807, 2.05) is 37.3 Å². The molecule has 0 spiro atoms. The second-order valence-electron chi connectivity index (χ2n) is 4.47. The SMILES string of the molecule is CC#CCCC(O)c1ccc(-c2ccccc2)cc1. The maximum Gasteiger partial charge on any atom is 0.0799 e. The van der Waals surface area contributed by atoms with E-state index in [1.165, 1.54) is 11.1 Å². The van der Waals surface area contributed by atoms with E-state index >= 15 is 0 Å². The van der Waals surface area contributed by atoms with Crippen LogP contribution in [0, 0.1) is 11.8 Å². The molecular formula is C18H18O. The van der Waals surface area contributed by atoms with Gasteiger partial charge in [0.25, 0.3) is 0 Å². The Morgan fingerprint density at radius 1 is 0.947 bits per heavy atom. The summed E-state index contributed by atoms with van der Waals surface area (Å²) in [6, 6.07) is 18.3. The Morgan fingerprint density at radius 3 is 2.21 bits per heavy atom. The zero-order chi connectivity index (χ0) is 13.5. The molecule has 19 heavy (non-hydrogen) atoms. The molecule has 1 unspecified atom stereocenters. The molecule has 0 aromatic heterocycles. The monoisotopic (exact) mass is 250 g/mol. The standard InChI is InChI=1S/C18H18O/c1-2-3-5-10-18(19)17-13-11-16(12-14-17)15-8-6-4-7-9-15/h4,6-9,11-14,18-19H,5,10H2,1H3. The van der Waals surface area contributed by atoms with Crippen LogP contribution in [0.3, 0.4) is 0 Å². The topological polar surface area (TPSA) is 20.2 Å². The van der Waals surface area contributed by atoms with E-state index in [4.69, 9.17) is 0 Å². The average Bonchev–Trinajstić information content (AvgIpc) is 2.48. The van der Waals surface area contributed by atoms with Crippen molar-refractivity contribution in [2.24, 2.45) is 0 Å². The summed E-state index contributed by atoms with van der Waals surface area (Å²) in [6.07, 6.45) is 0.995. The number of rotatable bonds is 4. The highest BCUT2D eigenvalue weighted by Gasteiger charge is 2.06. The number of aliphatic hydroxyl groups excluding tert-OH is 1. The molecule has 1 heteroatoms. The second kappa shape index (κ2) is 6.78. The van der Waals surface area contributed by atoms with Crippen molar-refractivity contribution >= 4 is 0 Å². The minimum absolute atomic E-state index is 0.425. The first kappa shape index (κ1) is 13.4. The molecule has 2 aromatic rings. The Morgan fingerprint density at radius 2 is 1.58 bits per heavy atom. The Kier molecular flexibility index (Phi) is 4.78. The maximum atomic E-state index is 10.0. The molecule has 1 atom stereocenters. The van der Waals surface area contributed by atoms with Crippen LogP contribution in [0.2, 0.25) is 0 Å². The van der Waals surface area contributed by atoms with E-state index in [0.717, 1.165) is 12.0 Å². The van der Waals surface area contributed by atoms with Crippen molar-refractivity contribution in [1.82, 2.24) is 0 Å². The first-order chi connectivity index (χ1) is 9.31. The van der Waals surface area contributed by atoms with Crippen molar-refractivity contribution in [3.63, 3.8) is 0 Å². The lowest BCUT2D eigenvalue weighted by Crippen LogP contribution is -1.96. The Balaban J connectivity index is 2.07. The summed E-state index contributed by atoms with van der Waals surface area (Å²) in [5.41, 5.74) is 3.32. The summed E-state index contributed by atoms with van der Waals surface area (Å²) >= 11 is 0. The van der Waals surface area contributed by atoms with Gasteiger partial charge >= 0.3 is 0 Å². The van der Waals surface area contributed by atoms with Gasteiger partial charge in [-0.05, 0) is 30.0 Å². The van der Waals surface area contributed by atoms with Crippen LogP contribution in [0.1, 0.15) is 31.4 Å². The van der Waals surface area contributed by atoms with Gasteiger partial charge < -0.3 is 5.11 Å². The highest BCUT2D eigenvalue weighted by molar-refractivity contribution is 5.63. The van der Waals surface area contributed by atoms with E-state index in [9.17, 15) is 5.11 Å². The first-order valence-corrected chi connectivity index (χ1v) is 6.54. The average molecular weight is 250 g/mol. The largest absolute Gasteiger partial charge is 0.388 e. The third kappa shape index (κ3) is 3.71. The van der Waals surface area contributed by atoms with Crippen LogP contribution in [-0.4, -0.2) is 5.11 Å². The Bertz CT molecular complexity index is 558. The van der Waals surface area contributed by atoms with Crippen LogP contribution in [0.15, 0.2) is 54.6 Å². The number of hydrogen-bond donors (Lipinski definition) is 1. The molecule has 0 saturated carbocycles. The third-order valence-electron chi connectivity index (χ3n) is 3.12. The van der Waals surface area contributed by atoms with Crippen LogP contribution in [0.4, 0.5) is 0 Å². The predicted molar refractivity (Wildman–Crippen MR) is 79.5 cm³/mol. The van der Waals surface area contributed by atoms with Crippen molar-refractivity contribution in [2.45, 2.75) is 25.9 Å². The molecule has 0 aliphatic carbocycles. The fourth-order valence-corrected chi connectivity index (χ4v) is 2.03. The lowest BCUT2D eigenvalue weighted by atomic mass is 10.00. The minimum Gasteiger partial charge on any atom is -0.388 e. The summed E-state index contributed by atoms with van der Waals surface area (Å²) in [7, 11) is 0. The van der Waals surface area contributed by atoms with Gasteiger partial charge in [0.1, 0.15) is 0 Å². The van der Waals surface area contributed by atoms with Gasteiger partial charge in [-0.15, -0.1) is 11.8 Å². The van der Waals surface area contributed by atoms with E-state index < -0.39 is 6.10 Å². The molecule has 0 fully saturated rings. The van der Waals surface area contributed by atoms with Crippen molar-refractivity contribution in [3.05, 3.63) is 60.2 Å². The van der Waals surface area contributed by atoms with Crippen LogP contribution in [0.5, 0.6) is 0 Å². The van der Waals surface area contributed by atoms with Crippen molar-refractivity contribution in [2.75, 3.05) is 0 Å². The predicted octanol–water partition coefficient (Wildman–Crippen LogP) is 4.19. The zero-order valence-electron chi connectivity index (χ0n) is 11.1. The van der Waals surface area contributed by atoms with Gasteiger partial charge in [-0.2, -0.15) is 0 Å². The fraction of sp³-hybridized carbons (Fsp3) is 0.222. The highest BCUT2D eigenvalue weighted by atomic mass is 16.3. The van der Waals surface area contributed by atoms with Gasteiger partial charge in [-0.25, -0.2) is 0 Å². The molecule has 0 heterocycles. The summed E-state index contributed by atoms with van der Waals surface area (Å²) in [5, 5.41) is 10.0. The van der Waals surface area contributed by atoms with E-state index in [2.05, 4.69) is 36.1 Å². The lowest BCUT2D eigenvalue weighted by Gasteiger charge is -2.10. The highest BCUT2D eigenvalue weighted by Crippen LogP contribution is 2.23. The van der Waals surface area contributed by atoms with Crippen LogP contribution in [0.25, 0.3) is 11.1 Å². The number of hydrogen-bond acceptors (Lipinski definition) is 1. The third-order valence-corrected chi connectivity index (χ3v) is 3.12. The Labute approximate surface area is 114 Å². The molecule has 96 valence electrons. The normalized spacial score (nSPS) is 11.5. The number of aliphatic hydroxyl groups is 1. The summed E-state index contributed by atoms with van der Waals surface area (Å²) in [5.74, 6) is 5.82. The molecule has 0 aliphatic heterocycles. The molecule has 0 radical (unpaired) electrons. The van der Waals surface area contributed by atoms with Crippen molar-refractivity contribution in [1.29, 1.82) is 0 Å². The quantitative estimate of drug-likeness (QED) is 0.807. The van der Waals surface area contributed by atoms with Gasteiger partial charge in [0.2, 0.25) is 0 Å². The van der Waals surface area contributed by atoms with Gasteiger partial charge in [0.05, 0.1) is 6.10 Å². The molecule has 0 saturated heterocycles. The van der Waals surface area contributed by atoms with Crippen molar-refractivity contribution in [3.8, 4) is 23.0 Å². The second-order valence-corrected chi connectivity index (χ2v) is 4.47. The fourth-order valence-electron chi connectivity index (χ4n) is 2.03. The van der Waals surface area contributed by atoms with Crippen LogP contribution >= 0.6 is 0 Å². The molecule has 0 bridgehead atoms. The van der Waals surface area contributed by atoms with Crippen molar-refractivity contribution < 1.29 is 5.11 Å². The zero-order valence-corrected chi connectivity index (χ0v) is 11.1. The van der Waals surface area contributed by atoms with Gasteiger partial charge in [0.15, 0.2) is 0 Å². The van der Waals surface area contributed by atoms with Gasteiger partial charge in [0, 0.05) is 6.42 Å². The summed E-state index contributed by atoms with van der Waals surface area (Å²) in [4.78, 5) is 0. The maximum absolute atomic E-state index is 10.0. The van der Waals surface area contributed by atoms with Gasteiger partial charge in [-0.1, -0.05) is 54.6 Å². The first-order valence-electron chi connectivity index (χ1n) is 6.54. The molecule has 2 rings (SSSR count). The smallest absolute Gasteiger partial charge is 0.0799 e. The Hall–Kier alpha value is -2.04. The van der Waals surface area contributed by atoms with E-state index in [0.29, 0.717) is 6.42 Å². The van der Waals surface area contributed by atoms with Crippen LogP contribution < -0.4 is 0 Å². The molecule has 0 aliphatic rings. The summed E-state index contributed by atoms with van der Waals surface area (Å²) < 4.78 is 0. The van der Waals surface area contributed by atoms with E-state index in [-0.39, 0.29) is 0 Å². The van der Waals surface area contributed by atoms with E-state index in [1.54, 1.807) is 0 Å². The van der Waals surface area contributed by atoms with Crippen LogP contribution in [-0.2, 0) is 0 Å². The summed E-state index contributed by atoms with van der Waals surface area (Å²) in [6.45, 7) is 1.82. The number of benzene rings is 2. The minimum atomic E-state index is -0.425. The molecule has 2 aromatic carbocycles. The molecule has 0 amide bonds. The lowest BCUT2D eigenvalue weighted by molar-refractivity contribution is 0.169.